The predicted octanol–water partition coefficient (Wildman–Crippen LogP) is 3.58. The molecular formula is C11H14Cl2N2OS. The Morgan fingerprint density at radius 2 is 2.00 bits per heavy atom. The lowest BCUT2D eigenvalue weighted by atomic mass is 10.3. The van der Waals surface area contributed by atoms with Gasteiger partial charge >= 0.3 is 0 Å². The van der Waals surface area contributed by atoms with Crippen LogP contribution in [0, 0.1) is 6.92 Å². The minimum atomic E-state index is -1.34. The van der Waals surface area contributed by atoms with Crippen molar-refractivity contribution in [1.82, 2.24) is 4.98 Å². The van der Waals surface area contributed by atoms with E-state index in [0.29, 0.717) is 10.6 Å². The lowest BCUT2D eigenvalue weighted by Crippen LogP contribution is -2.25. The molecule has 0 N–H and O–H groups in total. The lowest BCUT2D eigenvalue weighted by molar-refractivity contribution is 0.562. The second-order valence-electron chi connectivity index (χ2n) is 4.55. The standard InChI is InChI=1S/C11H14Cl2N2OS/c1-7-5-9(12)8(10(13)15-7)6-14-17(16)11(2,3)4/h5-6H,1-4H3. The number of hydrogen-bond donors (Lipinski definition) is 0. The molecule has 0 aliphatic rings. The first kappa shape index (κ1) is 14.8. The second kappa shape index (κ2) is 5.57. The molecule has 1 rings (SSSR count). The molecule has 6 heteroatoms. The minimum absolute atomic E-state index is 0.268. The molecule has 0 bridgehead atoms. The van der Waals surface area contributed by atoms with Crippen LogP contribution in [-0.2, 0) is 11.4 Å². The highest BCUT2D eigenvalue weighted by atomic mass is 35.5. The fourth-order valence-electron chi connectivity index (χ4n) is 0.981. The number of aryl methyl sites for hydroxylation is 1. The van der Waals surface area contributed by atoms with Crippen LogP contribution in [0.3, 0.4) is 0 Å². The van der Waals surface area contributed by atoms with Crippen LogP contribution in [-0.4, -0.2) is 20.5 Å². The molecule has 0 saturated heterocycles. The summed E-state index contributed by atoms with van der Waals surface area (Å²) in [5, 5.41) is 0.724. The summed E-state index contributed by atoms with van der Waals surface area (Å²) in [5.41, 5.74) is 1.23. The van der Waals surface area contributed by atoms with E-state index in [1.54, 1.807) is 13.0 Å². The van der Waals surface area contributed by atoms with E-state index in [9.17, 15) is 4.55 Å². The number of nitrogens with zero attached hydrogens (tertiary/aromatic N) is 2. The average Bonchev–Trinajstić information content (AvgIpc) is 2.13. The maximum absolute atomic E-state index is 11.7. The molecule has 1 aromatic rings. The van der Waals surface area contributed by atoms with Gasteiger partial charge in [0.1, 0.15) is 21.3 Å². The van der Waals surface area contributed by atoms with E-state index in [2.05, 4.69) is 9.38 Å². The van der Waals surface area contributed by atoms with Gasteiger partial charge in [0.05, 0.1) is 16.8 Å². The number of pyridine rings is 1. The molecule has 0 spiro atoms. The third-order valence-corrected chi connectivity index (χ3v) is 3.84. The largest absolute Gasteiger partial charge is 0.591 e. The molecule has 0 aliphatic heterocycles. The quantitative estimate of drug-likeness (QED) is 0.475. The van der Waals surface area contributed by atoms with Gasteiger partial charge in [-0.15, -0.1) is 0 Å². The second-order valence-corrected chi connectivity index (χ2v) is 7.25. The average molecular weight is 293 g/mol. The van der Waals surface area contributed by atoms with E-state index < -0.39 is 16.1 Å². The third kappa shape index (κ3) is 4.14. The minimum Gasteiger partial charge on any atom is -0.591 e. The molecule has 3 nitrogen and oxygen atoms in total. The highest BCUT2D eigenvalue weighted by Gasteiger charge is 2.26. The Labute approximate surface area is 115 Å². The summed E-state index contributed by atoms with van der Waals surface area (Å²) in [7, 11) is 0. The molecule has 0 aliphatic carbocycles. The fraction of sp³-hybridized carbons (Fsp3) is 0.455. The van der Waals surface area contributed by atoms with Gasteiger partial charge in [-0.2, -0.15) is 0 Å². The van der Waals surface area contributed by atoms with Crippen molar-refractivity contribution in [3.05, 3.63) is 27.5 Å². The number of halogens is 2. The zero-order valence-electron chi connectivity index (χ0n) is 10.1. The first-order valence-corrected chi connectivity index (χ1v) is 6.87. The first-order chi connectivity index (χ1) is 7.71. The van der Waals surface area contributed by atoms with Crippen LogP contribution in [0.5, 0.6) is 0 Å². The van der Waals surface area contributed by atoms with Crippen LogP contribution in [0.2, 0.25) is 10.2 Å². The van der Waals surface area contributed by atoms with Crippen molar-refractivity contribution in [3.63, 3.8) is 0 Å². The maximum Gasteiger partial charge on any atom is 0.144 e. The summed E-state index contributed by atoms with van der Waals surface area (Å²) in [5.74, 6) is 0. The van der Waals surface area contributed by atoms with E-state index in [-0.39, 0.29) is 5.15 Å². The summed E-state index contributed by atoms with van der Waals surface area (Å²) in [6.45, 7) is 7.33. The van der Waals surface area contributed by atoms with E-state index in [0.717, 1.165) is 5.69 Å². The highest BCUT2D eigenvalue weighted by molar-refractivity contribution is 7.91. The Morgan fingerprint density at radius 1 is 1.41 bits per heavy atom. The predicted molar refractivity (Wildman–Crippen MR) is 74.5 cm³/mol. The molecule has 0 fully saturated rings. The molecular weight excluding hydrogens is 279 g/mol. The van der Waals surface area contributed by atoms with Crippen molar-refractivity contribution in [1.29, 1.82) is 0 Å². The summed E-state index contributed by atoms with van der Waals surface area (Å²) in [6.07, 6.45) is 1.42. The first-order valence-electron chi connectivity index (χ1n) is 5.00. The highest BCUT2D eigenvalue weighted by Crippen LogP contribution is 2.23. The molecule has 0 aromatic carbocycles. The van der Waals surface area contributed by atoms with Crippen molar-refractivity contribution in [2.75, 3.05) is 0 Å². The van der Waals surface area contributed by atoms with Crippen molar-refractivity contribution in [2.24, 2.45) is 4.40 Å². The molecule has 1 unspecified atom stereocenters. The number of hydrogen-bond acceptors (Lipinski definition) is 3. The van der Waals surface area contributed by atoms with E-state index in [1.807, 2.05) is 20.8 Å². The van der Waals surface area contributed by atoms with Gasteiger partial charge in [-0.1, -0.05) is 27.6 Å². The van der Waals surface area contributed by atoms with Crippen LogP contribution in [0.25, 0.3) is 0 Å². The molecule has 0 radical (unpaired) electrons. The summed E-state index contributed by atoms with van der Waals surface area (Å²) >= 11 is 10.6. The summed E-state index contributed by atoms with van der Waals surface area (Å²) in [4.78, 5) is 4.07. The van der Waals surface area contributed by atoms with E-state index in [1.165, 1.54) is 6.21 Å². The normalized spacial score (nSPS) is 14.3. The number of rotatable bonds is 2. The van der Waals surface area contributed by atoms with Gasteiger partial charge in [-0.25, -0.2) is 4.98 Å². The van der Waals surface area contributed by atoms with Crippen molar-refractivity contribution in [2.45, 2.75) is 32.4 Å². The van der Waals surface area contributed by atoms with Gasteiger partial charge in [-0.3, -0.25) is 0 Å². The van der Waals surface area contributed by atoms with Crippen molar-refractivity contribution >= 4 is 40.8 Å². The van der Waals surface area contributed by atoms with Gasteiger partial charge < -0.3 is 4.55 Å². The van der Waals surface area contributed by atoms with Crippen LogP contribution in [0.1, 0.15) is 32.0 Å². The smallest absolute Gasteiger partial charge is 0.144 e. The zero-order valence-corrected chi connectivity index (χ0v) is 12.4. The third-order valence-electron chi connectivity index (χ3n) is 1.89. The zero-order chi connectivity index (χ0) is 13.2. The van der Waals surface area contributed by atoms with Gasteiger partial charge in [0, 0.05) is 5.69 Å². The topological polar surface area (TPSA) is 48.3 Å². The molecule has 17 heavy (non-hydrogen) atoms. The van der Waals surface area contributed by atoms with Gasteiger partial charge in [0.25, 0.3) is 0 Å². The van der Waals surface area contributed by atoms with E-state index >= 15 is 0 Å². The van der Waals surface area contributed by atoms with Gasteiger partial charge in [-0.05, 0) is 33.8 Å². The molecule has 0 amide bonds. The number of aromatic nitrogens is 1. The van der Waals surface area contributed by atoms with Gasteiger partial charge in [0.2, 0.25) is 0 Å². The van der Waals surface area contributed by atoms with E-state index in [4.69, 9.17) is 23.2 Å². The molecule has 1 heterocycles. The summed E-state index contributed by atoms with van der Waals surface area (Å²) in [6, 6.07) is 1.69. The van der Waals surface area contributed by atoms with Crippen LogP contribution >= 0.6 is 23.2 Å². The Balaban J connectivity index is 3.00. The molecule has 94 valence electrons. The maximum atomic E-state index is 11.7. The molecule has 1 atom stereocenters. The van der Waals surface area contributed by atoms with Crippen LogP contribution in [0.4, 0.5) is 0 Å². The van der Waals surface area contributed by atoms with Crippen LogP contribution < -0.4 is 0 Å². The lowest BCUT2D eigenvalue weighted by Gasteiger charge is -2.17. The van der Waals surface area contributed by atoms with Crippen molar-refractivity contribution < 1.29 is 4.55 Å². The Bertz CT molecular complexity index is 421. The Hall–Kier alpha value is -0.290. The molecule has 0 saturated carbocycles. The Kier molecular flexibility index (Phi) is 4.84. The van der Waals surface area contributed by atoms with Crippen LogP contribution in [0.15, 0.2) is 10.5 Å². The van der Waals surface area contributed by atoms with Gasteiger partial charge in [0.15, 0.2) is 0 Å². The molecule has 1 aromatic heterocycles. The Morgan fingerprint density at radius 3 is 2.47 bits per heavy atom. The van der Waals surface area contributed by atoms with Crippen molar-refractivity contribution in [3.8, 4) is 0 Å². The SMILES string of the molecule is Cc1cc(Cl)c(C=N[S+]([O-])C(C)(C)C)c(Cl)n1. The summed E-state index contributed by atoms with van der Waals surface area (Å²) < 4.78 is 15.3. The fourth-order valence-corrected chi connectivity index (χ4v) is 2.13. The monoisotopic (exact) mass is 292 g/mol.